The van der Waals surface area contributed by atoms with E-state index in [1.807, 2.05) is 13.8 Å². The Morgan fingerprint density at radius 2 is 2.11 bits per heavy atom. The van der Waals surface area contributed by atoms with Gasteiger partial charge < -0.3 is 14.7 Å². The number of nitrogens with one attached hydrogen (secondary N) is 1. The van der Waals surface area contributed by atoms with E-state index in [4.69, 9.17) is 4.52 Å². The van der Waals surface area contributed by atoms with E-state index in [0.717, 1.165) is 18.0 Å². The number of likely N-dealkylation sites (tertiary alicyclic amines) is 1. The molecule has 1 aliphatic rings. The van der Waals surface area contributed by atoms with Crippen LogP contribution in [-0.2, 0) is 6.54 Å². The van der Waals surface area contributed by atoms with Crippen LogP contribution in [0.5, 0.6) is 0 Å². The third-order valence-corrected chi connectivity index (χ3v) is 4.33. The van der Waals surface area contributed by atoms with Crippen LogP contribution in [0, 0.1) is 19.8 Å². The van der Waals surface area contributed by atoms with Gasteiger partial charge >= 0.3 is 0 Å². The molecular weight excluding hydrogens is 226 g/mol. The van der Waals surface area contributed by atoms with Gasteiger partial charge in [-0.1, -0.05) is 12.1 Å². The smallest absolute Gasteiger partial charge is 0.138 e. The van der Waals surface area contributed by atoms with Crippen molar-refractivity contribution in [2.24, 2.45) is 5.92 Å². The molecule has 4 nitrogen and oxygen atoms in total. The van der Waals surface area contributed by atoms with Crippen molar-refractivity contribution in [3.05, 3.63) is 17.0 Å². The first-order valence-electron chi connectivity index (χ1n) is 6.84. The van der Waals surface area contributed by atoms with E-state index in [-0.39, 0.29) is 0 Å². The summed E-state index contributed by atoms with van der Waals surface area (Å²) in [5.41, 5.74) is 2.22. The van der Waals surface area contributed by atoms with Crippen LogP contribution in [0.3, 0.4) is 0 Å². The Labute approximate surface area is 110 Å². The van der Waals surface area contributed by atoms with E-state index in [2.05, 4.69) is 36.3 Å². The molecule has 0 aliphatic carbocycles. The van der Waals surface area contributed by atoms with Gasteiger partial charge in [-0.3, -0.25) is 0 Å². The van der Waals surface area contributed by atoms with Crippen LogP contribution in [0.15, 0.2) is 4.52 Å². The van der Waals surface area contributed by atoms with Crippen LogP contribution in [0.4, 0.5) is 0 Å². The molecule has 18 heavy (non-hydrogen) atoms. The molecule has 1 aromatic rings. The lowest BCUT2D eigenvalue weighted by molar-refractivity contribution is 0.121. The molecule has 1 aliphatic heterocycles. The van der Waals surface area contributed by atoms with Gasteiger partial charge in [0, 0.05) is 30.7 Å². The van der Waals surface area contributed by atoms with E-state index in [9.17, 15) is 0 Å². The Hall–Kier alpha value is -0.870. The number of hydrogen-bond acceptors (Lipinski definition) is 4. The Morgan fingerprint density at radius 1 is 1.39 bits per heavy atom. The SMILES string of the molecule is Cc1noc(C)c1CNC1CC(C)N(C)CC1C. The quantitative estimate of drug-likeness (QED) is 0.893. The summed E-state index contributed by atoms with van der Waals surface area (Å²) in [7, 11) is 2.21. The summed E-state index contributed by atoms with van der Waals surface area (Å²) < 4.78 is 5.20. The zero-order chi connectivity index (χ0) is 13.3. The Balaban J connectivity index is 1.94. The highest BCUT2D eigenvalue weighted by atomic mass is 16.5. The van der Waals surface area contributed by atoms with Crippen molar-refractivity contribution < 1.29 is 4.52 Å². The van der Waals surface area contributed by atoms with E-state index < -0.39 is 0 Å². The minimum Gasteiger partial charge on any atom is -0.361 e. The van der Waals surface area contributed by atoms with Gasteiger partial charge in [-0.05, 0) is 40.2 Å². The second kappa shape index (κ2) is 5.41. The molecule has 2 rings (SSSR count). The first-order chi connectivity index (χ1) is 8.49. The van der Waals surface area contributed by atoms with Gasteiger partial charge in [-0.2, -0.15) is 0 Å². The van der Waals surface area contributed by atoms with Crippen molar-refractivity contribution in [2.45, 2.75) is 52.7 Å². The summed E-state index contributed by atoms with van der Waals surface area (Å²) >= 11 is 0. The first kappa shape index (κ1) is 13.6. The van der Waals surface area contributed by atoms with E-state index in [1.165, 1.54) is 18.5 Å². The van der Waals surface area contributed by atoms with Crippen molar-refractivity contribution in [3.63, 3.8) is 0 Å². The van der Waals surface area contributed by atoms with Crippen LogP contribution in [0.25, 0.3) is 0 Å². The van der Waals surface area contributed by atoms with E-state index in [0.29, 0.717) is 18.0 Å². The van der Waals surface area contributed by atoms with Crippen molar-refractivity contribution in [1.29, 1.82) is 0 Å². The second-order valence-electron chi connectivity index (χ2n) is 5.79. The summed E-state index contributed by atoms with van der Waals surface area (Å²) in [6.45, 7) is 10.7. The van der Waals surface area contributed by atoms with Gasteiger partial charge in [0.05, 0.1) is 5.69 Å². The van der Waals surface area contributed by atoms with Crippen molar-refractivity contribution in [1.82, 2.24) is 15.4 Å². The molecule has 3 atom stereocenters. The lowest BCUT2D eigenvalue weighted by atomic mass is 9.89. The van der Waals surface area contributed by atoms with Crippen molar-refractivity contribution in [2.75, 3.05) is 13.6 Å². The lowest BCUT2D eigenvalue weighted by Gasteiger charge is -2.40. The van der Waals surface area contributed by atoms with Crippen LogP contribution in [-0.4, -0.2) is 35.7 Å². The molecule has 2 heterocycles. The topological polar surface area (TPSA) is 41.3 Å². The molecule has 0 aromatic carbocycles. The number of aryl methyl sites for hydroxylation is 2. The van der Waals surface area contributed by atoms with Gasteiger partial charge in [0.2, 0.25) is 0 Å². The van der Waals surface area contributed by atoms with Gasteiger partial charge in [-0.25, -0.2) is 0 Å². The standard InChI is InChI=1S/C14H25N3O/c1-9-8-17(5)10(2)6-14(9)15-7-13-11(3)16-18-12(13)4/h9-10,14-15H,6-8H2,1-5H3. The van der Waals surface area contributed by atoms with Crippen molar-refractivity contribution >= 4 is 0 Å². The molecular formula is C14H25N3O. The summed E-state index contributed by atoms with van der Waals surface area (Å²) in [6, 6.07) is 1.24. The van der Waals surface area contributed by atoms with Crippen LogP contribution in [0.2, 0.25) is 0 Å². The Kier molecular flexibility index (Phi) is 4.07. The first-order valence-corrected chi connectivity index (χ1v) is 6.84. The molecule has 0 bridgehead atoms. The highest BCUT2D eigenvalue weighted by Gasteiger charge is 2.28. The van der Waals surface area contributed by atoms with Gasteiger partial charge in [0.1, 0.15) is 5.76 Å². The monoisotopic (exact) mass is 251 g/mol. The van der Waals surface area contributed by atoms with Gasteiger partial charge in [-0.15, -0.1) is 0 Å². The third-order valence-electron chi connectivity index (χ3n) is 4.33. The Morgan fingerprint density at radius 3 is 2.72 bits per heavy atom. The summed E-state index contributed by atoms with van der Waals surface area (Å²) in [6.07, 6.45) is 1.21. The predicted octanol–water partition coefficient (Wildman–Crippen LogP) is 2.11. The number of piperidine rings is 1. The second-order valence-corrected chi connectivity index (χ2v) is 5.79. The highest BCUT2D eigenvalue weighted by Crippen LogP contribution is 2.21. The molecule has 1 N–H and O–H groups in total. The lowest BCUT2D eigenvalue weighted by Crippen LogP contribution is -2.50. The third kappa shape index (κ3) is 2.75. The minimum absolute atomic E-state index is 0.588. The summed E-state index contributed by atoms with van der Waals surface area (Å²) in [5.74, 6) is 1.63. The fraction of sp³-hybridized carbons (Fsp3) is 0.786. The highest BCUT2D eigenvalue weighted by molar-refractivity contribution is 5.20. The van der Waals surface area contributed by atoms with Crippen LogP contribution >= 0.6 is 0 Å². The molecule has 1 saturated heterocycles. The van der Waals surface area contributed by atoms with Crippen molar-refractivity contribution in [3.8, 4) is 0 Å². The summed E-state index contributed by atoms with van der Waals surface area (Å²) in [5, 5.41) is 7.68. The molecule has 1 fully saturated rings. The Bertz CT molecular complexity index is 382. The molecule has 1 aromatic heterocycles. The number of hydrogen-bond donors (Lipinski definition) is 1. The maximum atomic E-state index is 5.20. The largest absolute Gasteiger partial charge is 0.361 e. The van der Waals surface area contributed by atoms with E-state index in [1.54, 1.807) is 0 Å². The number of aromatic nitrogens is 1. The fourth-order valence-electron chi connectivity index (χ4n) is 2.81. The van der Waals surface area contributed by atoms with Gasteiger partial charge in [0.25, 0.3) is 0 Å². The van der Waals surface area contributed by atoms with Crippen LogP contribution in [0.1, 0.15) is 37.3 Å². The molecule has 0 saturated carbocycles. The zero-order valence-corrected chi connectivity index (χ0v) is 12.2. The zero-order valence-electron chi connectivity index (χ0n) is 12.2. The number of nitrogens with zero attached hydrogens (tertiary/aromatic N) is 2. The van der Waals surface area contributed by atoms with Gasteiger partial charge in [0.15, 0.2) is 0 Å². The minimum atomic E-state index is 0.588. The average Bonchev–Trinajstić information content (AvgIpc) is 2.62. The maximum absolute atomic E-state index is 5.20. The number of rotatable bonds is 3. The molecule has 0 amide bonds. The molecule has 0 radical (unpaired) electrons. The molecule has 4 heteroatoms. The molecule has 102 valence electrons. The summed E-state index contributed by atoms with van der Waals surface area (Å²) in [4.78, 5) is 2.44. The maximum Gasteiger partial charge on any atom is 0.138 e. The fourth-order valence-corrected chi connectivity index (χ4v) is 2.81. The average molecular weight is 251 g/mol. The normalized spacial score (nSPS) is 29.7. The van der Waals surface area contributed by atoms with E-state index >= 15 is 0 Å². The van der Waals surface area contributed by atoms with Crippen LogP contribution < -0.4 is 5.32 Å². The predicted molar refractivity (Wildman–Crippen MR) is 72.5 cm³/mol. The molecule has 3 unspecified atom stereocenters. The molecule has 0 spiro atoms.